The van der Waals surface area contributed by atoms with E-state index in [4.69, 9.17) is 0 Å². The molecule has 7 nitrogen and oxygen atoms in total. The lowest BCUT2D eigenvalue weighted by Crippen LogP contribution is -2.15. The van der Waals surface area contributed by atoms with Crippen molar-refractivity contribution in [1.82, 2.24) is 0 Å². The molecule has 31 heavy (non-hydrogen) atoms. The normalized spacial score (nSPS) is 10.9. The van der Waals surface area contributed by atoms with Gasteiger partial charge in [0.25, 0.3) is 15.9 Å². The van der Waals surface area contributed by atoms with Crippen LogP contribution >= 0.6 is 0 Å². The first-order chi connectivity index (χ1) is 14.8. The van der Waals surface area contributed by atoms with E-state index >= 15 is 0 Å². The van der Waals surface area contributed by atoms with Gasteiger partial charge in [-0.25, -0.2) is 8.42 Å². The van der Waals surface area contributed by atoms with Gasteiger partial charge in [0.2, 0.25) is 5.91 Å². The highest BCUT2D eigenvalue weighted by atomic mass is 32.2. The first kappa shape index (κ1) is 22.0. The maximum atomic E-state index is 12.6. The van der Waals surface area contributed by atoms with E-state index in [9.17, 15) is 18.0 Å². The van der Waals surface area contributed by atoms with E-state index in [1.54, 1.807) is 43.3 Å². The van der Waals surface area contributed by atoms with Gasteiger partial charge in [-0.05, 0) is 61.5 Å². The number of amides is 2. The van der Waals surface area contributed by atoms with Gasteiger partial charge >= 0.3 is 0 Å². The second kappa shape index (κ2) is 9.44. The van der Waals surface area contributed by atoms with Crippen LogP contribution in [0.15, 0.2) is 77.7 Å². The van der Waals surface area contributed by atoms with Crippen molar-refractivity contribution in [2.24, 2.45) is 0 Å². The number of carbonyl (C=O) groups excluding carboxylic acids is 2. The SMILES string of the molecule is CCC(=O)Nc1cccc(NC(=O)c2ccc(S(=O)(=O)Nc3ccc(C)cc3)cc2)c1. The maximum absolute atomic E-state index is 12.6. The number of nitrogens with one attached hydrogen (secondary N) is 3. The minimum Gasteiger partial charge on any atom is -0.326 e. The second-order valence-electron chi connectivity index (χ2n) is 6.93. The summed E-state index contributed by atoms with van der Waals surface area (Å²) in [6, 6.07) is 19.4. The molecule has 3 N–H and O–H groups in total. The van der Waals surface area contributed by atoms with Crippen LogP contribution in [0, 0.1) is 6.92 Å². The summed E-state index contributed by atoms with van der Waals surface area (Å²) in [7, 11) is -3.77. The van der Waals surface area contributed by atoms with Crippen LogP contribution in [0.3, 0.4) is 0 Å². The summed E-state index contributed by atoms with van der Waals surface area (Å²) in [6.07, 6.45) is 0.352. The lowest BCUT2D eigenvalue weighted by atomic mass is 10.2. The number of hydrogen-bond donors (Lipinski definition) is 3. The zero-order chi connectivity index (χ0) is 22.4. The smallest absolute Gasteiger partial charge is 0.261 e. The van der Waals surface area contributed by atoms with Crippen molar-refractivity contribution in [3.63, 3.8) is 0 Å². The molecule has 0 radical (unpaired) electrons. The number of hydrogen-bond acceptors (Lipinski definition) is 4. The van der Waals surface area contributed by atoms with Gasteiger partial charge in [-0.3, -0.25) is 14.3 Å². The molecule has 0 aromatic heterocycles. The van der Waals surface area contributed by atoms with Crippen molar-refractivity contribution in [3.8, 4) is 0 Å². The van der Waals surface area contributed by atoms with Crippen molar-refractivity contribution in [2.75, 3.05) is 15.4 Å². The van der Waals surface area contributed by atoms with Gasteiger partial charge in [0.1, 0.15) is 0 Å². The highest BCUT2D eigenvalue weighted by Gasteiger charge is 2.15. The van der Waals surface area contributed by atoms with Crippen molar-refractivity contribution < 1.29 is 18.0 Å². The summed E-state index contributed by atoms with van der Waals surface area (Å²) in [6.45, 7) is 3.67. The topological polar surface area (TPSA) is 104 Å². The Bertz CT molecular complexity index is 1190. The monoisotopic (exact) mass is 437 g/mol. The molecule has 3 aromatic rings. The predicted molar refractivity (Wildman–Crippen MR) is 122 cm³/mol. The van der Waals surface area contributed by atoms with Gasteiger partial charge in [-0.1, -0.05) is 30.7 Å². The van der Waals surface area contributed by atoms with E-state index in [0.29, 0.717) is 29.0 Å². The van der Waals surface area contributed by atoms with Crippen LogP contribution in [0.1, 0.15) is 29.3 Å². The van der Waals surface area contributed by atoms with E-state index in [-0.39, 0.29) is 10.8 Å². The van der Waals surface area contributed by atoms with Gasteiger partial charge in [-0.15, -0.1) is 0 Å². The van der Waals surface area contributed by atoms with Gasteiger partial charge in [0.05, 0.1) is 4.90 Å². The lowest BCUT2D eigenvalue weighted by molar-refractivity contribution is -0.115. The van der Waals surface area contributed by atoms with E-state index < -0.39 is 15.9 Å². The Morgan fingerprint density at radius 3 is 2.03 bits per heavy atom. The first-order valence-corrected chi connectivity index (χ1v) is 11.2. The molecule has 0 fully saturated rings. The molecule has 0 aliphatic heterocycles. The molecule has 2 amide bonds. The fourth-order valence-electron chi connectivity index (χ4n) is 2.75. The molecular weight excluding hydrogens is 414 g/mol. The molecule has 0 saturated heterocycles. The van der Waals surface area contributed by atoms with Crippen molar-refractivity contribution in [3.05, 3.63) is 83.9 Å². The number of sulfonamides is 1. The Hall–Kier alpha value is -3.65. The summed E-state index contributed by atoms with van der Waals surface area (Å²) in [5, 5.41) is 5.47. The van der Waals surface area contributed by atoms with E-state index in [1.165, 1.54) is 24.3 Å². The Kier molecular flexibility index (Phi) is 6.71. The third-order valence-corrected chi connectivity index (χ3v) is 5.85. The fraction of sp³-hybridized carbons (Fsp3) is 0.130. The molecule has 0 unspecified atom stereocenters. The van der Waals surface area contributed by atoms with Crippen molar-refractivity contribution in [2.45, 2.75) is 25.2 Å². The van der Waals surface area contributed by atoms with Crippen LogP contribution in [0.4, 0.5) is 17.1 Å². The van der Waals surface area contributed by atoms with E-state index in [0.717, 1.165) is 5.56 Å². The summed E-state index contributed by atoms with van der Waals surface area (Å²) in [4.78, 5) is 24.1. The molecule has 0 saturated carbocycles. The average molecular weight is 438 g/mol. The number of benzene rings is 3. The van der Waals surface area contributed by atoms with Crippen LogP contribution in [0.25, 0.3) is 0 Å². The second-order valence-corrected chi connectivity index (χ2v) is 8.61. The molecule has 3 aromatic carbocycles. The first-order valence-electron chi connectivity index (χ1n) is 9.67. The average Bonchev–Trinajstić information content (AvgIpc) is 2.75. The molecule has 160 valence electrons. The summed E-state index contributed by atoms with van der Waals surface area (Å²) >= 11 is 0. The number of anilines is 3. The Labute approximate surface area is 181 Å². The van der Waals surface area contributed by atoms with Gasteiger partial charge in [0.15, 0.2) is 0 Å². The Balaban J connectivity index is 1.69. The molecule has 0 aliphatic carbocycles. The van der Waals surface area contributed by atoms with E-state index in [2.05, 4.69) is 15.4 Å². The molecule has 0 atom stereocenters. The zero-order valence-electron chi connectivity index (χ0n) is 17.2. The molecule has 8 heteroatoms. The predicted octanol–water partition coefficient (Wildman–Crippen LogP) is 4.40. The zero-order valence-corrected chi connectivity index (χ0v) is 18.0. The highest BCUT2D eigenvalue weighted by molar-refractivity contribution is 7.92. The number of carbonyl (C=O) groups is 2. The molecule has 0 heterocycles. The molecule has 3 rings (SSSR count). The maximum Gasteiger partial charge on any atom is 0.261 e. The van der Waals surface area contributed by atoms with Gasteiger partial charge < -0.3 is 10.6 Å². The van der Waals surface area contributed by atoms with E-state index in [1.807, 2.05) is 19.1 Å². The summed E-state index contributed by atoms with van der Waals surface area (Å²) in [5.41, 5.74) is 2.88. The van der Waals surface area contributed by atoms with Gasteiger partial charge in [-0.2, -0.15) is 0 Å². The van der Waals surface area contributed by atoms with Crippen LogP contribution in [0.2, 0.25) is 0 Å². The molecule has 0 spiro atoms. The highest BCUT2D eigenvalue weighted by Crippen LogP contribution is 2.19. The minimum absolute atomic E-state index is 0.0499. The number of rotatable bonds is 7. The lowest BCUT2D eigenvalue weighted by Gasteiger charge is -2.10. The Morgan fingerprint density at radius 1 is 0.806 bits per heavy atom. The van der Waals surface area contributed by atoms with Crippen molar-refractivity contribution >= 4 is 38.9 Å². The molecule has 0 bridgehead atoms. The molecular formula is C23H23N3O4S. The third-order valence-electron chi connectivity index (χ3n) is 4.46. The van der Waals surface area contributed by atoms with Crippen molar-refractivity contribution in [1.29, 1.82) is 0 Å². The third kappa shape index (κ3) is 5.93. The standard InChI is InChI=1S/C23H23N3O4S/c1-3-22(27)24-19-5-4-6-20(15-19)25-23(28)17-9-13-21(14-10-17)31(29,30)26-18-11-7-16(2)8-12-18/h4-15,26H,3H2,1-2H3,(H,24,27)(H,25,28). The Morgan fingerprint density at radius 2 is 1.42 bits per heavy atom. The number of aryl methyl sites for hydroxylation is 1. The summed E-state index contributed by atoms with van der Waals surface area (Å²) in [5.74, 6) is -0.520. The molecule has 0 aliphatic rings. The van der Waals surface area contributed by atoms with Crippen LogP contribution in [0.5, 0.6) is 0 Å². The van der Waals surface area contributed by atoms with Crippen LogP contribution in [-0.4, -0.2) is 20.2 Å². The minimum atomic E-state index is -3.77. The van der Waals surface area contributed by atoms with Crippen LogP contribution < -0.4 is 15.4 Å². The van der Waals surface area contributed by atoms with Gasteiger partial charge in [0, 0.05) is 29.0 Å². The fourth-order valence-corrected chi connectivity index (χ4v) is 3.81. The quantitative estimate of drug-likeness (QED) is 0.510. The summed E-state index contributed by atoms with van der Waals surface area (Å²) < 4.78 is 27.6. The van der Waals surface area contributed by atoms with Crippen LogP contribution in [-0.2, 0) is 14.8 Å². The largest absolute Gasteiger partial charge is 0.326 e.